The normalized spacial score (nSPS) is 13.0. The molecule has 134 valence electrons. The molecule has 4 rings (SSSR count). The van der Waals surface area contributed by atoms with Gasteiger partial charge in [-0.1, -0.05) is 36.4 Å². The van der Waals surface area contributed by atoms with Crippen molar-refractivity contribution in [2.24, 2.45) is 0 Å². The molecule has 0 fully saturated rings. The fraction of sp³-hybridized carbons (Fsp3) is 0.0476. The average Bonchev–Trinajstić information content (AvgIpc) is 3.27. The number of nitrogens with zero attached hydrogens (tertiary/aromatic N) is 2. The number of benzene rings is 2. The number of hydrogen-bond donors (Lipinski definition) is 1. The van der Waals surface area contributed by atoms with Gasteiger partial charge in [-0.15, -0.1) is 0 Å². The summed E-state index contributed by atoms with van der Waals surface area (Å²) in [5.41, 5.74) is 3.21. The zero-order valence-electron chi connectivity index (χ0n) is 14.4. The number of anilines is 1. The van der Waals surface area contributed by atoms with Gasteiger partial charge in [0.25, 0.3) is 5.91 Å². The van der Waals surface area contributed by atoms with Gasteiger partial charge in [-0.3, -0.25) is 14.5 Å². The van der Waals surface area contributed by atoms with Gasteiger partial charge in [0, 0.05) is 34.2 Å². The van der Waals surface area contributed by atoms with E-state index in [4.69, 9.17) is 11.6 Å². The van der Waals surface area contributed by atoms with E-state index in [1.165, 1.54) is 4.90 Å². The van der Waals surface area contributed by atoms with Crippen LogP contribution in [0.4, 0.5) is 5.69 Å². The van der Waals surface area contributed by atoms with E-state index in [-0.39, 0.29) is 18.4 Å². The van der Waals surface area contributed by atoms with Crippen LogP contribution in [0.25, 0.3) is 11.4 Å². The van der Waals surface area contributed by atoms with Gasteiger partial charge in [0.05, 0.1) is 11.4 Å². The third-order valence-electron chi connectivity index (χ3n) is 4.46. The maximum Gasteiger partial charge on any atom is 0.259 e. The van der Waals surface area contributed by atoms with Gasteiger partial charge in [-0.25, -0.2) is 0 Å². The number of rotatable bonds is 4. The van der Waals surface area contributed by atoms with E-state index in [0.29, 0.717) is 22.0 Å². The molecule has 1 aliphatic rings. The molecular formula is C21H16ClN3O2. The summed E-state index contributed by atoms with van der Waals surface area (Å²) >= 11 is 6.11. The van der Waals surface area contributed by atoms with Gasteiger partial charge in [-0.2, -0.15) is 0 Å². The Kier molecular flexibility index (Phi) is 4.30. The van der Waals surface area contributed by atoms with Gasteiger partial charge in [-0.05, 0) is 36.4 Å². The topological polar surface area (TPSA) is 54.3 Å². The fourth-order valence-corrected chi connectivity index (χ4v) is 3.32. The van der Waals surface area contributed by atoms with Gasteiger partial charge in [0.2, 0.25) is 5.91 Å². The Bertz CT molecular complexity index is 1020. The van der Waals surface area contributed by atoms with E-state index in [0.717, 1.165) is 11.3 Å². The zero-order valence-corrected chi connectivity index (χ0v) is 15.1. The second kappa shape index (κ2) is 6.78. The van der Waals surface area contributed by atoms with Gasteiger partial charge >= 0.3 is 0 Å². The molecule has 0 atom stereocenters. The highest BCUT2D eigenvalue weighted by molar-refractivity contribution is 6.31. The lowest BCUT2D eigenvalue weighted by atomic mass is 10.1. The van der Waals surface area contributed by atoms with Crippen LogP contribution in [0.5, 0.6) is 0 Å². The van der Waals surface area contributed by atoms with Crippen LogP contribution in [0.2, 0.25) is 5.02 Å². The molecule has 3 aromatic rings. The Morgan fingerprint density at radius 1 is 1.04 bits per heavy atom. The van der Waals surface area contributed by atoms with E-state index < -0.39 is 0 Å². The molecule has 0 radical (unpaired) electrons. The molecule has 6 heteroatoms. The molecule has 0 saturated carbocycles. The summed E-state index contributed by atoms with van der Waals surface area (Å²) in [5, 5.41) is 3.43. The van der Waals surface area contributed by atoms with Gasteiger partial charge in [0.15, 0.2) is 0 Å². The third kappa shape index (κ3) is 3.13. The highest BCUT2D eigenvalue weighted by Crippen LogP contribution is 2.31. The first-order valence-corrected chi connectivity index (χ1v) is 8.75. The minimum atomic E-state index is -0.312. The minimum Gasteiger partial charge on any atom is -0.323 e. The maximum atomic E-state index is 12.6. The van der Waals surface area contributed by atoms with Crippen molar-refractivity contribution in [3.63, 3.8) is 0 Å². The van der Waals surface area contributed by atoms with Crippen molar-refractivity contribution >= 4 is 34.8 Å². The highest BCUT2D eigenvalue weighted by atomic mass is 35.5. The Morgan fingerprint density at radius 2 is 1.74 bits per heavy atom. The Hall–Kier alpha value is -3.31. The first-order chi connectivity index (χ1) is 13.0. The molecule has 0 unspecified atom stereocenters. The van der Waals surface area contributed by atoms with Crippen molar-refractivity contribution in [3.8, 4) is 5.69 Å². The third-order valence-corrected chi connectivity index (χ3v) is 4.69. The number of carbonyl (C=O) groups excluding carboxylic acids is 2. The van der Waals surface area contributed by atoms with Crippen molar-refractivity contribution in [2.75, 3.05) is 11.9 Å². The van der Waals surface area contributed by atoms with Crippen LogP contribution in [0, 0.1) is 0 Å². The summed E-state index contributed by atoms with van der Waals surface area (Å²) in [7, 11) is 0. The molecule has 2 amide bonds. The smallest absolute Gasteiger partial charge is 0.259 e. The summed E-state index contributed by atoms with van der Waals surface area (Å²) in [6, 6.07) is 16.2. The number of fused-ring (bicyclic) bond motifs is 1. The molecule has 1 N–H and O–H groups in total. The van der Waals surface area contributed by atoms with Crippen LogP contribution >= 0.6 is 11.6 Å². The lowest BCUT2D eigenvalue weighted by Crippen LogP contribution is -2.32. The molecular weight excluding hydrogens is 362 g/mol. The maximum absolute atomic E-state index is 12.6. The van der Waals surface area contributed by atoms with Crippen LogP contribution < -0.4 is 5.32 Å². The van der Waals surface area contributed by atoms with Crippen molar-refractivity contribution in [1.82, 2.24) is 9.47 Å². The Labute approximate surface area is 161 Å². The molecule has 0 spiro atoms. The van der Waals surface area contributed by atoms with Gasteiger partial charge < -0.3 is 9.88 Å². The molecule has 5 nitrogen and oxygen atoms in total. The molecule has 27 heavy (non-hydrogen) atoms. The summed E-state index contributed by atoms with van der Waals surface area (Å²) < 4.78 is 1.86. The van der Waals surface area contributed by atoms with E-state index >= 15 is 0 Å². The predicted molar refractivity (Wildman–Crippen MR) is 106 cm³/mol. The lowest BCUT2D eigenvalue weighted by Gasteiger charge is -2.18. The highest BCUT2D eigenvalue weighted by Gasteiger charge is 2.31. The standard InChI is InChI=1S/C21H16ClN3O2/c1-14-16-6-2-3-7-17(16)21(27)25(14)13-20(26)23-18-9-8-15(22)12-19(18)24-10-4-5-11-24/h2-12H,1,13H2,(H,23,26). The minimum absolute atomic E-state index is 0.111. The van der Waals surface area contributed by atoms with Crippen molar-refractivity contribution in [2.45, 2.75) is 0 Å². The van der Waals surface area contributed by atoms with Crippen molar-refractivity contribution in [1.29, 1.82) is 0 Å². The van der Waals surface area contributed by atoms with E-state index in [2.05, 4.69) is 11.9 Å². The van der Waals surface area contributed by atoms with E-state index in [1.54, 1.807) is 30.3 Å². The first kappa shape index (κ1) is 17.1. The van der Waals surface area contributed by atoms with Crippen LogP contribution in [0.15, 0.2) is 73.6 Å². The molecule has 2 heterocycles. The van der Waals surface area contributed by atoms with Crippen LogP contribution in [0.1, 0.15) is 15.9 Å². The molecule has 0 aliphatic carbocycles. The van der Waals surface area contributed by atoms with Crippen molar-refractivity contribution < 1.29 is 9.59 Å². The number of carbonyl (C=O) groups is 2. The second-order valence-corrected chi connectivity index (χ2v) is 6.62. The summed E-state index contributed by atoms with van der Waals surface area (Å²) in [6.45, 7) is 3.85. The van der Waals surface area contributed by atoms with E-state index in [1.807, 2.05) is 41.2 Å². The van der Waals surface area contributed by atoms with Crippen molar-refractivity contribution in [3.05, 3.63) is 89.7 Å². The van der Waals surface area contributed by atoms with Gasteiger partial charge in [0.1, 0.15) is 6.54 Å². The Morgan fingerprint density at radius 3 is 2.44 bits per heavy atom. The quantitative estimate of drug-likeness (QED) is 0.741. The van der Waals surface area contributed by atoms with Crippen LogP contribution in [-0.4, -0.2) is 27.8 Å². The fourth-order valence-electron chi connectivity index (χ4n) is 3.15. The second-order valence-electron chi connectivity index (χ2n) is 6.18. The largest absolute Gasteiger partial charge is 0.323 e. The van der Waals surface area contributed by atoms with Crippen LogP contribution in [-0.2, 0) is 4.79 Å². The Balaban J connectivity index is 1.55. The number of hydrogen-bond acceptors (Lipinski definition) is 2. The molecule has 0 saturated heterocycles. The lowest BCUT2D eigenvalue weighted by molar-refractivity contribution is -0.116. The number of nitrogens with one attached hydrogen (secondary N) is 1. The van der Waals surface area contributed by atoms with Crippen LogP contribution in [0.3, 0.4) is 0 Å². The van der Waals surface area contributed by atoms with E-state index in [9.17, 15) is 9.59 Å². The summed E-state index contributed by atoms with van der Waals surface area (Å²) in [6.07, 6.45) is 3.73. The molecule has 1 aromatic heterocycles. The SMILES string of the molecule is C=C1c2ccccc2C(=O)N1CC(=O)Nc1ccc(Cl)cc1-n1cccc1. The number of aromatic nitrogens is 1. The average molecular weight is 378 g/mol. The zero-order chi connectivity index (χ0) is 19.0. The predicted octanol–water partition coefficient (Wildman–Crippen LogP) is 4.20. The summed E-state index contributed by atoms with van der Waals surface area (Å²) in [4.78, 5) is 26.6. The number of halogens is 1. The molecule has 1 aliphatic heterocycles. The first-order valence-electron chi connectivity index (χ1n) is 8.37. The number of amides is 2. The summed E-state index contributed by atoms with van der Waals surface area (Å²) in [5.74, 6) is -0.527. The molecule has 2 aromatic carbocycles. The monoisotopic (exact) mass is 377 g/mol. The molecule has 0 bridgehead atoms.